The maximum absolute atomic E-state index is 5.35. The van der Waals surface area contributed by atoms with Crippen LogP contribution in [0.4, 0.5) is 17.1 Å². The first-order chi connectivity index (χ1) is 41.2. The van der Waals surface area contributed by atoms with Crippen LogP contribution in [0.2, 0.25) is 0 Å². The van der Waals surface area contributed by atoms with Gasteiger partial charge in [-0.3, -0.25) is 0 Å². The summed E-state index contributed by atoms with van der Waals surface area (Å²) in [5.74, 6) is 0.694. The molecule has 0 N–H and O–H groups in total. The van der Waals surface area contributed by atoms with Crippen molar-refractivity contribution in [2.75, 3.05) is 4.90 Å². The van der Waals surface area contributed by atoms with Crippen LogP contribution in [0, 0.1) is 0 Å². The number of benzene rings is 13. The van der Waals surface area contributed by atoms with Gasteiger partial charge in [0.1, 0.15) is 0 Å². The van der Waals surface area contributed by atoms with E-state index >= 15 is 0 Å². The molecule has 0 aliphatic heterocycles. The summed E-state index contributed by atoms with van der Waals surface area (Å²) in [7, 11) is 0. The van der Waals surface area contributed by atoms with Gasteiger partial charge in [-0.05, 0) is 149 Å². The number of fused-ring (bicyclic) bond motifs is 17. The Hall–Kier alpha value is -10.4. The molecule has 2 heterocycles. The molecule has 2 aliphatic rings. The van der Waals surface area contributed by atoms with Crippen molar-refractivity contribution in [2.45, 2.75) is 38.5 Å². The summed E-state index contributed by atoms with van der Waals surface area (Å²) in [6.07, 6.45) is 0. The van der Waals surface area contributed by atoms with Gasteiger partial charge in [0.05, 0.1) is 28.1 Å². The van der Waals surface area contributed by atoms with E-state index in [0.717, 1.165) is 56.3 Å². The second kappa shape index (κ2) is 18.0. The molecule has 0 saturated carbocycles. The van der Waals surface area contributed by atoms with Gasteiger partial charge in [0.15, 0.2) is 5.82 Å². The third-order valence-electron chi connectivity index (χ3n) is 18.7. The molecule has 4 nitrogen and oxygen atoms in total. The van der Waals surface area contributed by atoms with Crippen molar-refractivity contribution in [1.29, 1.82) is 0 Å². The monoisotopic (exact) mass is 1070 g/mol. The molecule has 0 atom stereocenters. The van der Waals surface area contributed by atoms with Crippen LogP contribution in [-0.4, -0.2) is 14.5 Å². The fourth-order valence-electron chi connectivity index (χ4n) is 14.7. The van der Waals surface area contributed by atoms with Gasteiger partial charge in [-0.25, -0.2) is 9.97 Å². The van der Waals surface area contributed by atoms with Crippen molar-refractivity contribution >= 4 is 82.0 Å². The number of anilines is 3. The van der Waals surface area contributed by atoms with Gasteiger partial charge >= 0.3 is 0 Å². The van der Waals surface area contributed by atoms with Crippen LogP contribution in [0.1, 0.15) is 49.9 Å². The first-order valence-electron chi connectivity index (χ1n) is 29.3. The van der Waals surface area contributed by atoms with E-state index in [9.17, 15) is 0 Å². The number of hydrogen-bond acceptors (Lipinski definition) is 3. The first kappa shape index (κ1) is 48.3. The number of rotatable bonds is 7. The summed E-state index contributed by atoms with van der Waals surface area (Å²) in [4.78, 5) is 13.1. The average molecular weight is 1070 g/mol. The van der Waals surface area contributed by atoms with Crippen LogP contribution < -0.4 is 4.90 Å². The third-order valence-corrected chi connectivity index (χ3v) is 18.7. The lowest BCUT2D eigenvalue weighted by Crippen LogP contribution is -2.16. The summed E-state index contributed by atoms with van der Waals surface area (Å²) >= 11 is 0. The zero-order valence-corrected chi connectivity index (χ0v) is 47.2. The topological polar surface area (TPSA) is 34.0 Å². The second-order valence-corrected chi connectivity index (χ2v) is 24.1. The predicted octanol–water partition coefficient (Wildman–Crippen LogP) is 21.3. The SMILES string of the molecule is CC1(C)c2ccccc2-c2c(N(c3ccc4ccccc4c3)c3ccc4c(c3)c3ccc5c(c3n4-c3cccc(-c4cc(-c6ccccc6)nc(-c6ccccc6)n4)c3)C(C)(C)c3cc4c6ccccc6c6ccccc6c4cc3-5)cccc21. The van der Waals surface area contributed by atoms with E-state index in [1.807, 2.05) is 6.07 Å². The molecule has 84 heavy (non-hydrogen) atoms. The zero-order chi connectivity index (χ0) is 56.0. The molecule has 2 aromatic heterocycles. The molecule has 17 rings (SSSR count). The van der Waals surface area contributed by atoms with Crippen molar-refractivity contribution < 1.29 is 0 Å². The molecular weight excluding hydrogens is 1020 g/mol. The Morgan fingerprint density at radius 2 is 0.940 bits per heavy atom. The highest BCUT2D eigenvalue weighted by molar-refractivity contribution is 6.26. The lowest BCUT2D eigenvalue weighted by atomic mass is 9.80. The average Bonchev–Trinajstić information content (AvgIpc) is 1.58. The van der Waals surface area contributed by atoms with Gasteiger partial charge in [-0.15, -0.1) is 0 Å². The van der Waals surface area contributed by atoms with Crippen molar-refractivity contribution in [1.82, 2.24) is 14.5 Å². The highest BCUT2D eigenvalue weighted by Gasteiger charge is 2.41. The Morgan fingerprint density at radius 3 is 1.70 bits per heavy atom. The van der Waals surface area contributed by atoms with E-state index < -0.39 is 0 Å². The second-order valence-electron chi connectivity index (χ2n) is 24.1. The van der Waals surface area contributed by atoms with Crippen molar-refractivity contribution in [3.63, 3.8) is 0 Å². The van der Waals surface area contributed by atoms with Crippen LogP contribution in [-0.2, 0) is 10.8 Å². The minimum atomic E-state index is -0.387. The fraction of sp³-hybridized carbons (Fsp3) is 0.0750. The molecule has 0 fully saturated rings. The maximum Gasteiger partial charge on any atom is 0.160 e. The van der Waals surface area contributed by atoms with Gasteiger partial charge in [0.25, 0.3) is 0 Å². The summed E-state index contributed by atoms with van der Waals surface area (Å²) in [6.45, 7) is 9.64. The van der Waals surface area contributed by atoms with Gasteiger partial charge in [0.2, 0.25) is 0 Å². The molecule has 0 bridgehead atoms. The Morgan fingerprint density at radius 1 is 0.345 bits per heavy atom. The van der Waals surface area contributed by atoms with Crippen LogP contribution in [0.5, 0.6) is 0 Å². The lowest BCUT2D eigenvalue weighted by Gasteiger charge is -2.29. The van der Waals surface area contributed by atoms with Gasteiger partial charge in [0, 0.05) is 60.9 Å². The number of hydrogen-bond donors (Lipinski definition) is 0. The highest BCUT2D eigenvalue weighted by Crippen LogP contribution is 2.57. The molecule has 396 valence electrons. The van der Waals surface area contributed by atoms with Gasteiger partial charge in [-0.2, -0.15) is 0 Å². The smallest absolute Gasteiger partial charge is 0.160 e. The van der Waals surface area contributed by atoms with E-state index in [1.165, 1.54) is 104 Å². The molecule has 2 aliphatic carbocycles. The molecule has 0 amide bonds. The fourth-order valence-corrected chi connectivity index (χ4v) is 14.7. The minimum Gasteiger partial charge on any atom is -0.310 e. The Balaban J connectivity index is 0.940. The quantitative estimate of drug-likeness (QED) is 0.149. The Bertz CT molecular complexity index is 5200. The van der Waals surface area contributed by atoms with Crippen LogP contribution >= 0.6 is 0 Å². The van der Waals surface area contributed by atoms with Crippen molar-refractivity contribution in [3.8, 4) is 61.8 Å². The normalized spacial score (nSPS) is 13.7. The molecule has 4 heteroatoms. The zero-order valence-electron chi connectivity index (χ0n) is 47.2. The number of nitrogens with zero attached hydrogens (tertiary/aromatic N) is 4. The Labute approximate surface area is 488 Å². The van der Waals surface area contributed by atoms with Crippen LogP contribution in [0.15, 0.2) is 267 Å². The van der Waals surface area contributed by atoms with Crippen LogP contribution in [0.3, 0.4) is 0 Å². The minimum absolute atomic E-state index is 0.169. The van der Waals surface area contributed by atoms with E-state index in [0.29, 0.717) is 5.82 Å². The van der Waals surface area contributed by atoms with Gasteiger partial charge in [-0.1, -0.05) is 228 Å². The summed E-state index contributed by atoms with van der Waals surface area (Å²) < 4.78 is 2.56. The summed E-state index contributed by atoms with van der Waals surface area (Å²) in [5, 5.41) is 12.5. The molecule has 0 spiro atoms. The van der Waals surface area contributed by atoms with Crippen molar-refractivity contribution in [3.05, 3.63) is 289 Å². The maximum atomic E-state index is 5.35. The van der Waals surface area contributed by atoms with E-state index in [-0.39, 0.29) is 10.8 Å². The standard InChI is InChI=1S/C80H56N4/c1-79(2)68-34-18-17-33-63(68)75-69(79)35-20-36-74(75)83(55-38-37-49-21-11-12-26-52(49)43-55)56-39-42-73-67(45-56)62-41-40-61-66-46-64-59-31-15-13-29-57(59)58-30-14-16-32-60(58)65(64)47-70(66)80(3,4)76(61)77(62)84(73)54-28-19-27-53(44-54)72-48-71(50-22-7-5-8-23-50)81-78(82-72)51-24-9-6-10-25-51/h5-48H,1-4H3. The molecule has 0 saturated heterocycles. The van der Waals surface area contributed by atoms with Crippen LogP contribution in [0.25, 0.3) is 127 Å². The summed E-state index contributed by atoms with van der Waals surface area (Å²) in [6, 6.07) is 98.5. The van der Waals surface area contributed by atoms with E-state index in [2.05, 4.69) is 298 Å². The Kier molecular flexibility index (Phi) is 10.4. The highest BCUT2D eigenvalue weighted by atomic mass is 15.1. The number of aromatic nitrogens is 3. The molecule has 13 aromatic carbocycles. The van der Waals surface area contributed by atoms with E-state index in [1.54, 1.807) is 0 Å². The molecule has 0 radical (unpaired) electrons. The third kappa shape index (κ3) is 7.07. The van der Waals surface area contributed by atoms with Crippen molar-refractivity contribution in [2.24, 2.45) is 0 Å². The predicted molar refractivity (Wildman–Crippen MR) is 353 cm³/mol. The summed E-state index contributed by atoms with van der Waals surface area (Å²) in [5.41, 5.74) is 21.5. The molecule has 0 unspecified atom stereocenters. The largest absolute Gasteiger partial charge is 0.310 e. The lowest BCUT2D eigenvalue weighted by molar-refractivity contribution is 0.660. The molecule has 15 aromatic rings. The first-order valence-corrected chi connectivity index (χ1v) is 29.3. The molecular formula is C80H56N4. The van der Waals surface area contributed by atoms with Gasteiger partial charge < -0.3 is 9.47 Å². The van der Waals surface area contributed by atoms with E-state index in [4.69, 9.17) is 9.97 Å².